The molecule has 1 fully saturated rings. The van der Waals surface area contributed by atoms with Crippen LogP contribution in [0.5, 0.6) is 0 Å². The van der Waals surface area contributed by atoms with E-state index in [4.69, 9.17) is 0 Å². The highest BCUT2D eigenvalue weighted by Gasteiger charge is 2.15. The number of nitrogens with one attached hydrogen (secondary N) is 1. The van der Waals surface area contributed by atoms with Crippen LogP contribution in [0.25, 0.3) is 0 Å². The molecule has 4 heteroatoms. The molecule has 0 atom stereocenters. The van der Waals surface area contributed by atoms with Crippen LogP contribution in [0.3, 0.4) is 0 Å². The molecule has 1 heterocycles. The number of aromatic nitrogens is 3. The Hall–Kier alpha value is -1.29. The van der Waals surface area contributed by atoms with Crippen molar-refractivity contribution in [1.82, 2.24) is 15.2 Å². The largest absolute Gasteiger partial charge is 0.262 e. The third-order valence-electron chi connectivity index (χ3n) is 4.42. The van der Waals surface area contributed by atoms with Gasteiger partial charge in [0.1, 0.15) is 5.82 Å². The molecule has 1 N–H and O–H groups in total. The second-order valence-corrected chi connectivity index (χ2v) is 7.48. The van der Waals surface area contributed by atoms with Crippen LogP contribution in [-0.2, 0) is 12.2 Å². The molecular weight excluding hydrogens is 290 g/mol. The van der Waals surface area contributed by atoms with Gasteiger partial charge >= 0.3 is 0 Å². The first kappa shape index (κ1) is 15.6. The van der Waals surface area contributed by atoms with E-state index in [1.165, 1.54) is 48.8 Å². The van der Waals surface area contributed by atoms with Gasteiger partial charge in [-0.05, 0) is 31.7 Å². The molecule has 1 aliphatic carbocycles. The van der Waals surface area contributed by atoms with Gasteiger partial charge in [0, 0.05) is 12.2 Å². The second-order valence-electron chi connectivity index (χ2n) is 6.54. The number of hydrogen-bond acceptors (Lipinski definition) is 3. The van der Waals surface area contributed by atoms with Crippen molar-refractivity contribution in [3.05, 3.63) is 40.7 Å². The van der Waals surface area contributed by atoms with Crippen LogP contribution in [0.1, 0.15) is 54.6 Å². The minimum absolute atomic E-state index is 0.876. The predicted molar refractivity (Wildman–Crippen MR) is 92.1 cm³/mol. The SMILES string of the molecule is Cc1cc(C)cc(CSc2n[nH]c(CCC3CCCC3)n2)c1. The van der Waals surface area contributed by atoms with E-state index in [1.54, 1.807) is 11.8 Å². The fraction of sp³-hybridized carbons (Fsp3) is 0.556. The molecule has 118 valence electrons. The zero-order valence-electron chi connectivity index (χ0n) is 13.6. The summed E-state index contributed by atoms with van der Waals surface area (Å²) in [5.74, 6) is 2.90. The minimum atomic E-state index is 0.876. The van der Waals surface area contributed by atoms with Crippen molar-refractivity contribution < 1.29 is 0 Å². The summed E-state index contributed by atoms with van der Waals surface area (Å²) in [7, 11) is 0. The number of benzene rings is 1. The van der Waals surface area contributed by atoms with Gasteiger partial charge in [0.25, 0.3) is 0 Å². The quantitative estimate of drug-likeness (QED) is 0.776. The number of nitrogens with zero attached hydrogens (tertiary/aromatic N) is 2. The summed E-state index contributed by atoms with van der Waals surface area (Å²) < 4.78 is 0. The van der Waals surface area contributed by atoms with Crippen molar-refractivity contribution in [2.24, 2.45) is 5.92 Å². The molecule has 2 aromatic rings. The fourth-order valence-electron chi connectivity index (χ4n) is 3.39. The zero-order chi connectivity index (χ0) is 15.4. The van der Waals surface area contributed by atoms with E-state index in [0.717, 1.165) is 29.1 Å². The van der Waals surface area contributed by atoms with Gasteiger partial charge in [0.05, 0.1) is 0 Å². The molecule has 0 bridgehead atoms. The third kappa shape index (κ3) is 4.35. The lowest BCUT2D eigenvalue weighted by molar-refractivity contribution is 0.497. The first-order valence-electron chi connectivity index (χ1n) is 8.30. The predicted octanol–water partition coefficient (Wildman–Crippen LogP) is 4.84. The Kier molecular flexibility index (Phi) is 5.19. The van der Waals surface area contributed by atoms with Crippen LogP contribution >= 0.6 is 11.8 Å². The summed E-state index contributed by atoms with van der Waals surface area (Å²) in [4.78, 5) is 4.63. The number of aryl methyl sites for hydroxylation is 3. The van der Waals surface area contributed by atoms with Crippen molar-refractivity contribution >= 4 is 11.8 Å². The molecule has 0 spiro atoms. The second kappa shape index (κ2) is 7.32. The number of aromatic amines is 1. The average molecular weight is 315 g/mol. The van der Waals surface area contributed by atoms with E-state index in [9.17, 15) is 0 Å². The number of rotatable bonds is 6. The van der Waals surface area contributed by atoms with Crippen molar-refractivity contribution in [2.45, 2.75) is 63.3 Å². The first-order chi connectivity index (χ1) is 10.7. The van der Waals surface area contributed by atoms with E-state index >= 15 is 0 Å². The van der Waals surface area contributed by atoms with Gasteiger partial charge < -0.3 is 0 Å². The topological polar surface area (TPSA) is 41.6 Å². The maximum atomic E-state index is 4.63. The Morgan fingerprint density at radius 3 is 2.59 bits per heavy atom. The van der Waals surface area contributed by atoms with Crippen molar-refractivity contribution in [2.75, 3.05) is 0 Å². The molecule has 22 heavy (non-hydrogen) atoms. The first-order valence-corrected chi connectivity index (χ1v) is 9.29. The number of thioether (sulfide) groups is 1. The van der Waals surface area contributed by atoms with Gasteiger partial charge in [-0.3, -0.25) is 5.10 Å². The van der Waals surface area contributed by atoms with Gasteiger partial charge in [0.2, 0.25) is 5.16 Å². The molecule has 0 unspecified atom stereocenters. The summed E-state index contributed by atoms with van der Waals surface area (Å²) in [6.07, 6.45) is 7.94. The lowest BCUT2D eigenvalue weighted by atomic mass is 10.0. The molecule has 3 rings (SSSR count). The van der Waals surface area contributed by atoms with Gasteiger partial charge in [-0.25, -0.2) is 4.98 Å². The standard InChI is InChI=1S/C18H25N3S/c1-13-9-14(2)11-16(10-13)12-22-18-19-17(20-21-18)8-7-15-5-3-4-6-15/h9-11,15H,3-8,12H2,1-2H3,(H,19,20,21). The van der Waals surface area contributed by atoms with Crippen molar-refractivity contribution in [3.8, 4) is 0 Å². The highest BCUT2D eigenvalue weighted by atomic mass is 32.2. The summed E-state index contributed by atoms with van der Waals surface area (Å²) >= 11 is 1.72. The van der Waals surface area contributed by atoms with Gasteiger partial charge in [-0.2, -0.15) is 0 Å². The molecule has 0 aliphatic heterocycles. The Morgan fingerprint density at radius 2 is 1.86 bits per heavy atom. The van der Waals surface area contributed by atoms with Gasteiger partial charge in [-0.1, -0.05) is 66.8 Å². The summed E-state index contributed by atoms with van der Waals surface area (Å²) in [5, 5.41) is 8.33. The summed E-state index contributed by atoms with van der Waals surface area (Å²) in [6, 6.07) is 6.70. The molecule has 1 aromatic carbocycles. The molecule has 1 aliphatic rings. The average Bonchev–Trinajstić information content (AvgIpc) is 3.13. The maximum absolute atomic E-state index is 4.63. The smallest absolute Gasteiger partial charge is 0.208 e. The van der Waals surface area contributed by atoms with Crippen molar-refractivity contribution in [3.63, 3.8) is 0 Å². The van der Waals surface area contributed by atoms with Crippen LogP contribution in [-0.4, -0.2) is 15.2 Å². The number of hydrogen-bond donors (Lipinski definition) is 1. The monoisotopic (exact) mass is 315 g/mol. The lowest BCUT2D eigenvalue weighted by Crippen LogP contribution is -1.97. The Morgan fingerprint density at radius 1 is 1.14 bits per heavy atom. The van der Waals surface area contributed by atoms with E-state index in [0.29, 0.717) is 0 Å². The molecule has 0 saturated heterocycles. The van der Waals surface area contributed by atoms with Crippen LogP contribution in [0.15, 0.2) is 23.4 Å². The van der Waals surface area contributed by atoms with Crippen LogP contribution in [0.2, 0.25) is 0 Å². The van der Waals surface area contributed by atoms with Crippen LogP contribution in [0, 0.1) is 19.8 Å². The minimum Gasteiger partial charge on any atom is -0.262 e. The Bertz CT molecular complexity index is 594. The molecule has 0 radical (unpaired) electrons. The molecule has 3 nitrogen and oxygen atoms in total. The Labute approximate surface area is 137 Å². The van der Waals surface area contributed by atoms with Crippen molar-refractivity contribution in [1.29, 1.82) is 0 Å². The van der Waals surface area contributed by atoms with E-state index in [-0.39, 0.29) is 0 Å². The Balaban J connectivity index is 1.50. The lowest BCUT2D eigenvalue weighted by Gasteiger charge is -2.05. The van der Waals surface area contributed by atoms with E-state index in [2.05, 4.69) is 47.2 Å². The zero-order valence-corrected chi connectivity index (χ0v) is 14.4. The molecule has 1 aromatic heterocycles. The normalized spacial score (nSPS) is 15.5. The summed E-state index contributed by atoms with van der Waals surface area (Å²) in [5.41, 5.74) is 3.99. The van der Waals surface area contributed by atoms with E-state index < -0.39 is 0 Å². The fourth-order valence-corrected chi connectivity index (χ4v) is 4.14. The molecule has 0 amide bonds. The summed E-state index contributed by atoms with van der Waals surface area (Å²) in [6.45, 7) is 4.30. The van der Waals surface area contributed by atoms with Crippen LogP contribution < -0.4 is 0 Å². The number of H-pyrrole nitrogens is 1. The van der Waals surface area contributed by atoms with Crippen LogP contribution in [0.4, 0.5) is 0 Å². The molecular formula is C18H25N3S. The third-order valence-corrected chi connectivity index (χ3v) is 5.34. The molecule has 1 saturated carbocycles. The highest BCUT2D eigenvalue weighted by Crippen LogP contribution is 2.28. The maximum Gasteiger partial charge on any atom is 0.208 e. The highest BCUT2D eigenvalue weighted by molar-refractivity contribution is 7.98. The van der Waals surface area contributed by atoms with Gasteiger partial charge in [-0.15, -0.1) is 5.10 Å². The van der Waals surface area contributed by atoms with Gasteiger partial charge in [0.15, 0.2) is 0 Å². The van der Waals surface area contributed by atoms with E-state index in [1.807, 2.05) is 0 Å².